The van der Waals surface area contributed by atoms with Crippen LogP contribution in [0.2, 0.25) is 0 Å². The summed E-state index contributed by atoms with van der Waals surface area (Å²) in [6.07, 6.45) is 14.3. The predicted molar refractivity (Wildman–Crippen MR) is 77.4 cm³/mol. The summed E-state index contributed by atoms with van der Waals surface area (Å²) in [5, 5.41) is 3.66. The summed E-state index contributed by atoms with van der Waals surface area (Å²) in [6.45, 7) is 7.16. The molecule has 0 aromatic rings. The number of nitrogens with one attached hydrogen (secondary N) is 1. The van der Waals surface area contributed by atoms with Gasteiger partial charge in [0.15, 0.2) is 0 Å². The molecule has 0 bridgehead atoms. The largest absolute Gasteiger partial charge is 0.316 e. The minimum absolute atomic E-state index is 0.980. The van der Waals surface area contributed by atoms with Crippen LogP contribution in [-0.4, -0.2) is 13.1 Å². The SMILES string of the molecule is CCCCCCCNCC1CCC(CC)CC1. The highest BCUT2D eigenvalue weighted by atomic mass is 14.9. The first-order valence-corrected chi connectivity index (χ1v) is 8.07. The first-order valence-electron chi connectivity index (χ1n) is 8.07. The fraction of sp³-hybridized carbons (Fsp3) is 1.00. The van der Waals surface area contributed by atoms with E-state index < -0.39 is 0 Å². The van der Waals surface area contributed by atoms with Crippen molar-refractivity contribution in [1.82, 2.24) is 5.32 Å². The Balaban J connectivity index is 1.87. The summed E-state index contributed by atoms with van der Waals surface area (Å²) >= 11 is 0. The Bertz CT molecular complexity index is 159. The summed E-state index contributed by atoms with van der Waals surface area (Å²) in [4.78, 5) is 0. The van der Waals surface area contributed by atoms with Gasteiger partial charge in [0, 0.05) is 0 Å². The molecule has 1 fully saturated rings. The zero-order chi connectivity index (χ0) is 12.3. The molecular weight excluding hydrogens is 206 g/mol. The molecule has 0 heterocycles. The Hall–Kier alpha value is -0.0400. The molecule has 0 saturated heterocycles. The number of hydrogen-bond donors (Lipinski definition) is 1. The van der Waals surface area contributed by atoms with E-state index >= 15 is 0 Å². The van der Waals surface area contributed by atoms with Crippen LogP contribution in [0.25, 0.3) is 0 Å². The van der Waals surface area contributed by atoms with Gasteiger partial charge in [0.2, 0.25) is 0 Å². The van der Waals surface area contributed by atoms with Gasteiger partial charge in [0.1, 0.15) is 0 Å². The number of rotatable bonds is 9. The van der Waals surface area contributed by atoms with E-state index in [1.54, 1.807) is 0 Å². The van der Waals surface area contributed by atoms with E-state index in [-0.39, 0.29) is 0 Å². The first kappa shape index (κ1) is 15.0. The van der Waals surface area contributed by atoms with Crippen molar-refractivity contribution in [3.63, 3.8) is 0 Å². The molecule has 1 saturated carbocycles. The van der Waals surface area contributed by atoms with Gasteiger partial charge in [-0.2, -0.15) is 0 Å². The summed E-state index contributed by atoms with van der Waals surface area (Å²) in [7, 11) is 0. The van der Waals surface area contributed by atoms with Crippen LogP contribution in [0.4, 0.5) is 0 Å². The Morgan fingerprint density at radius 2 is 1.47 bits per heavy atom. The van der Waals surface area contributed by atoms with Crippen molar-refractivity contribution in [3.05, 3.63) is 0 Å². The molecule has 0 aliphatic heterocycles. The molecular formula is C16H33N. The molecule has 0 amide bonds. The van der Waals surface area contributed by atoms with Crippen LogP contribution in [0.1, 0.15) is 78.1 Å². The fourth-order valence-corrected chi connectivity index (χ4v) is 3.00. The lowest BCUT2D eigenvalue weighted by molar-refractivity contribution is 0.262. The third kappa shape index (κ3) is 7.08. The van der Waals surface area contributed by atoms with E-state index in [4.69, 9.17) is 0 Å². The maximum atomic E-state index is 3.66. The normalized spacial score (nSPS) is 25.1. The molecule has 0 spiro atoms. The maximum absolute atomic E-state index is 3.66. The lowest BCUT2D eigenvalue weighted by atomic mass is 9.81. The van der Waals surface area contributed by atoms with Crippen LogP contribution in [0.3, 0.4) is 0 Å². The Labute approximate surface area is 109 Å². The van der Waals surface area contributed by atoms with Gasteiger partial charge in [0.25, 0.3) is 0 Å². The van der Waals surface area contributed by atoms with Gasteiger partial charge < -0.3 is 5.32 Å². The van der Waals surface area contributed by atoms with Crippen LogP contribution >= 0.6 is 0 Å². The van der Waals surface area contributed by atoms with Crippen molar-refractivity contribution in [3.8, 4) is 0 Å². The second-order valence-electron chi connectivity index (χ2n) is 5.91. The van der Waals surface area contributed by atoms with Gasteiger partial charge in [-0.1, -0.05) is 58.8 Å². The van der Waals surface area contributed by atoms with Gasteiger partial charge in [-0.15, -0.1) is 0 Å². The van der Waals surface area contributed by atoms with Crippen LogP contribution in [0.5, 0.6) is 0 Å². The second-order valence-corrected chi connectivity index (χ2v) is 5.91. The molecule has 0 aromatic carbocycles. The molecule has 1 aliphatic rings. The van der Waals surface area contributed by atoms with Crippen molar-refractivity contribution >= 4 is 0 Å². The van der Waals surface area contributed by atoms with Crippen molar-refractivity contribution in [2.75, 3.05) is 13.1 Å². The molecule has 1 rings (SSSR count). The molecule has 1 heteroatoms. The molecule has 1 N–H and O–H groups in total. The van der Waals surface area contributed by atoms with E-state index in [1.165, 1.54) is 77.3 Å². The summed E-state index contributed by atoms with van der Waals surface area (Å²) in [6, 6.07) is 0. The lowest BCUT2D eigenvalue weighted by Crippen LogP contribution is -2.27. The molecule has 0 radical (unpaired) electrons. The summed E-state index contributed by atoms with van der Waals surface area (Å²) in [5.41, 5.74) is 0. The molecule has 0 aromatic heterocycles. The van der Waals surface area contributed by atoms with Crippen molar-refractivity contribution < 1.29 is 0 Å². The third-order valence-corrected chi connectivity index (χ3v) is 4.43. The lowest BCUT2D eigenvalue weighted by Gasteiger charge is -2.27. The Morgan fingerprint density at radius 3 is 2.12 bits per heavy atom. The van der Waals surface area contributed by atoms with Gasteiger partial charge in [-0.05, 0) is 44.2 Å². The smallest absolute Gasteiger partial charge is 0.00205 e. The molecule has 102 valence electrons. The Kier molecular flexibility index (Phi) is 8.78. The monoisotopic (exact) mass is 239 g/mol. The van der Waals surface area contributed by atoms with E-state index in [0.717, 1.165) is 11.8 Å². The third-order valence-electron chi connectivity index (χ3n) is 4.43. The quantitative estimate of drug-likeness (QED) is 0.572. The van der Waals surface area contributed by atoms with Gasteiger partial charge in [0.05, 0.1) is 0 Å². The highest BCUT2D eigenvalue weighted by Crippen LogP contribution is 2.29. The van der Waals surface area contributed by atoms with Gasteiger partial charge >= 0.3 is 0 Å². The van der Waals surface area contributed by atoms with Crippen LogP contribution in [-0.2, 0) is 0 Å². The highest BCUT2D eigenvalue weighted by Gasteiger charge is 2.19. The fourth-order valence-electron chi connectivity index (χ4n) is 3.00. The molecule has 1 aliphatic carbocycles. The predicted octanol–water partition coefficient (Wildman–Crippen LogP) is 4.76. The standard InChI is InChI=1S/C16H33N/c1-3-5-6-7-8-13-17-14-16-11-9-15(4-2)10-12-16/h15-17H,3-14H2,1-2H3. The van der Waals surface area contributed by atoms with E-state index in [2.05, 4.69) is 19.2 Å². The summed E-state index contributed by atoms with van der Waals surface area (Å²) < 4.78 is 0. The second kappa shape index (κ2) is 9.94. The highest BCUT2D eigenvalue weighted by molar-refractivity contribution is 4.73. The Morgan fingerprint density at radius 1 is 0.824 bits per heavy atom. The van der Waals surface area contributed by atoms with Gasteiger partial charge in [-0.3, -0.25) is 0 Å². The van der Waals surface area contributed by atoms with Crippen molar-refractivity contribution in [2.24, 2.45) is 11.8 Å². The molecule has 17 heavy (non-hydrogen) atoms. The zero-order valence-electron chi connectivity index (χ0n) is 12.1. The minimum atomic E-state index is 0.980. The maximum Gasteiger partial charge on any atom is -0.00205 e. The zero-order valence-corrected chi connectivity index (χ0v) is 12.1. The average Bonchev–Trinajstić information content (AvgIpc) is 2.38. The summed E-state index contributed by atoms with van der Waals surface area (Å²) in [5.74, 6) is 2.02. The van der Waals surface area contributed by atoms with Crippen LogP contribution in [0, 0.1) is 11.8 Å². The first-order chi connectivity index (χ1) is 8.36. The van der Waals surface area contributed by atoms with E-state index in [9.17, 15) is 0 Å². The number of hydrogen-bond acceptors (Lipinski definition) is 1. The topological polar surface area (TPSA) is 12.0 Å². The minimum Gasteiger partial charge on any atom is -0.316 e. The van der Waals surface area contributed by atoms with Gasteiger partial charge in [-0.25, -0.2) is 0 Å². The van der Waals surface area contributed by atoms with Crippen molar-refractivity contribution in [1.29, 1.82) is 0 Å². The van der Waals surface area contributed by atoms with E-state index in [1.807, 2.05) is 0 Å². The van der Waals surface area contributed by atoms with Crippen molar-refractivity contribution in [2.45, 2.75) is 78.1 Å². The molecule has 0 atom stereocenters. The van der Waals surface area contributed by atoms with Crippen LogP contribution < -0.4 is 5.32 Å². The molecule has 1 nitrogen and oxygen atoms in total. The van der Waals surface area contributed by atoms with E-state index in [0.29, 0.717) is 0 Å². The average molecular weight is 239 g/mol. The van der Waals surface area contributed by atoms with Crippen LogP contribution in [0.15, 0.2) is 0 Å². The number of unbranched alkanes of at least 4 members (excludes halogenated alkanes) is 4. The molecule has 0 unspecified atom stereocenters.